The summed E-state index contributed by atoms with van der Waals surface area (Å²) in [5, 5.41) is 3.25. The van der Waals surface area contributed by atoms with E-state index >= 15 is 0 Å². The Balaban J connectivity index is 1.14. The molecule has 3 aliphatic rings. The molecular weight excluding hydrogens is 773 g/mol. The Labute approximate surface area is 378 Å². The molecular formula is C57H50O2Si2. The van der Waals surface area contributed by atoms with Crippen LogP contribution in [0.1, 0.15) is 44.3 Å². The summed E-state index contributed by atoms with van der Waals surface area (Å²) in [6, 6.07) is 46.5. The molecule has 0 radical (unpaired) electrons. The lowest BCUT2D eigenvalue weighted by molar-refractivity contribution is 0.486. The van der Waals surface area contributed by atoms with Crippen molar-refractivity contribution >= 4 is 36.9 Å². The maximum absolute atomic E-state index is 9.14. The molecule has 0 saturated heterocycles. The van der Waals surface area contributed by atoms with E-state index in [9.17, 15) is 0 Å². The maximum Gasteiger partial charge on any atom is 0.135 e. The van der Waals surface area contributed by atoms with Crippen molar-refractivity contribution in [2.45, 2.75) is 60.0 Å². The number of hydrogen-bond donors (Lipinski definition) is 0. The number of hydrogen-bond acceptors (Lipinski definition) is 2. The van der Waals surface area contributed by atoms with E-state index in [2.05, 4.69) is 80.8 Å². The van der Waals surface area contributed by atoms with Crippen molar-refractivity contribution in [3.8, 4) is 89.8 Å². The molecule has 0 atom stereocenters. The van der Waals surface area contributed by atoms with E-state index in [1.165, 1.54) is 19.1 Å². The highest BCUT2D eigenvalue weighted by atomic mass is 28.3. The van der Waals surface area contributed by atoms with Crippen LogP contribution in [0, 0.1) is 20.6 Å². The van der Waals surface area contributed by atoms with Gasteiger partial charge in [0, 0.05) is 26.2 Å². The highest BCUT2D eigenvalue weighted by molar-refractivity contribution is 7.02. The van der Waals surface area contributed by atoms with Gasteiger partial charge < -0.3 is 9.47 Å². The molecule has 0 saturated carbocycles. The first-order valence-electron chi connectivity index (χ1n) is 26.3. The summed E-state index contributed by atoms with van der Waals surface area (Å²) >= 11 is 0. The van der Waals surface area contributed by atoms with Crippen LogP contribution < -0.4 is 30.2 Å². The minimum absolute atomic E-state index is 0.0938. The molecule has 11 rings (SSSR count). The van der Waals surface area contributed by atoms with E-state index in [0.29, 0.717) is 33.9 Å². The molecule has 8 aromatic carbocycles. The SMILES string of the molecule is [2H]C([2H])([2H])c1ccc2c(c1)Oc1c(ccc(C([2H])([2H])C)c1-c1cc3c(cc1C([2H])([2H])[2H])Oc1c(ccc(C([2H])([2H])[2H])c1-c1ccc4c(c1)-c1ccccc1-c1ccccc1-c1ccccc1-4)[Si]3(C)C)[Si]2(C)C. The van der Waals surface area contributed by atoms with Crippen LogP contribution in [-0.2, 0) is 6.37 Å². The third-order valence-electron chi connectivity index (χ3n) is 13.3. The fourth-order valence-corrected chi connectivity index (χ4v) is 15.7. The first-order valence-corrected chi connectivity index (χ1v) is 26.8. The lowest BCUT2D eigenvalue weighted by Gasteiger charge is -2.37. The third-order valence-corrected chi connectivity index (χ3v) is 20.3. The average molecular weight is 834 g/mol. The van der Waals surface area contributed by atoms with Gasteiger partial charge in [0.1, 0.15) is 39.1 Å². The Kier molecular flexibility index (Phi) is 6.18. The van der Waals surface area contributed by atoms with E-state index in [0.717, 1.165) is 65.3 Å². The minimum atomic E-state index is -3.01. The summed E-state index contributed by atoms with van der Waals surface area (Å²) in [4.78, 5) is 0. The third kappa shape index (κ3) is 5.58. The smallest absolute Gasteiger partial charge is 0.135 e. The Bertz CT molecular complexity index is 3600. The Morgan fingerprint density at radius 2 is 0.967 bits per heavy atom. The van der Waals surface area contributed by atoms with Gasteiger partial charge in [0.2, 0.25) is 0 Å². The lowest BCUT2D eigenvalue weighted by Crippen LogP contribution is -2.56. The maximum atomic E-state index is 9.14. The molecule has 61 heavy (non-hydrogen) atoms. The summed E-state index contributed by atoms with van der Waals surface area (Å²) in [6.45, 7) is 2.21. The first kappa shape index (κ1) is 27.6. The second-order valence-corrected chi connectivity index (χ2v) is 26.1. The number of rotatable bonds is 3. The molecule has 1 aliphatic carbocycles. The van der Waals surface area contributed by atoms with Gasteiger partial charge in [0.25, 0.3) is 0 Å². The Morgan fingerprint density at radius 3 is 1.56 bits per heavy atom. The number of ether oxygens (including phenoxy) is 2. The summed E-state index contributed by atoms with van der Waals surface area (Å²) in [6.07, 6.45) is -1.97. The van der Waals surface area contributed by atoms with Crippen LogP contribution in [0.4, 0.5) is 0 Å². The Morgan fingerprint density at radius 1 is 0.443 bits per heavy atom. The predicted octanol–water partition coefficient (Wildman–Crippen LogP) is 13.3. The van der Waals surface area contributed by atoms with E-state index in [4.69, 9.17) is 24.6 Å². The molecule has 4 heteroatoms. The van der Waals surface area contributed by atoms with Gasteiger partial charge in [-0.3, -0.25) is 0 Å². The normalized spacial score (nSPS) is 18.0. The number of fused-ring (bicyclic) bond motifs is 12. The zero-order valence-electron chi connectivity index (χ0n) is 45.7. The van der Waals surface area contributed by atoms with Gasteiger partial charge in [-0.25, -0.2) is 0 Å². The van der Waals surface area contributed by atoms with Crippen molar-refractivity contribution in [1.82, 2.24) is 0 Å². The van der Waals surface area contributed by atoms with Crippen LogP contribution in [0.15, 0.2) is 146 Å². The summed E-state index contributed by atoms with van der Waals surface area (Å²) < 4.78 is 111. The lowest BCUT2D eigenvalue weighted by atomic mass is 9.80. The van der Waals surface area contributed by atoms with Gasteiger partial charge in [-0.05, 0) is 144 Å². The summed E-state index contributed by atoms with van der Waals surface area (Å²) in [7, 11) is -5.69. The zero-order valence-corrected chi connectivity index (χ0v) is 36.7. The molecule has 2 nitrogen and oxygen atoms in total. The Hall–Kier alpha value is -6.21. The van der Waals surface area contributed by atoms with Gasteiger partial charge >= 0.3 is 0 Å². The van der Waals surface area contributed by atoms with E-state index in [1.807, 2.05) is 60.7 Å². The van der Waals surface area contributed by atoms with Crippen LogP contribution in [0.5, 0.6) is 23.0 Å². The molecule has 0 unspecified atom stereocenters. The second kappa shape index (κ2) is 13.7. The molecule has 0 N–H and O–H groups in total. The summed E-state index contributed by atoms with van der Waals surface area (Å²) in [5.41, 5.74) is 10.2. The molecule has 8 aromatic rings. The predicted molar refractivity (Wildman–Crippen MR) is 263 cm³/mol. The van der Waals surface area contributed by atoms with Crippen LogP contribution in [-0.4, -0.2) is 16.1 Å². The summed E-state index contributed by atoms with van der Waals surface area (Å²) in [5.74, 6) is 1.31. The molecule has 0 spiro atoms. The molecule has 2 aliphatic heterocycles. The molecule has 0 bridgehead atoms. The molecule has 0 amide bonds. The molecule has 0 aromatic heterocycles. The molecule has 2 heterocycles. The highest BCUT2D eigenvalue weighted by Crippen LogP contribution is 2.50. The number of aryl methyl sites for hydroxylation is 4. The molecule has 298 valence electrons. The van der Waals surface area contributed by atoms with Crippen molar-refractivity contribution in [3.05, 3.63) is 168 Å². The topological polar surface area (TPSA) is 18.5 Å². The van der Waals surface area contributed by atoms with Gasteiger partial charge in [0.15, 0.2) is 0 Å². The van der Waals surface area contributed by atoms with Crippen LogP contribution >= 0.6 is 0 Å². The second-order valence-electron chi connectivity index (χ2n) is 17.4. The van der Waals surface area contributed by atoms with Gasteiger partial charge in [-0.15, -0.1) is 0 Å². The zero-order chi connectivity index (χ0) is 51.2. The van der Waals surface area contributed by atoms with Crippen molar-refractivity contribution in [2.75, 3.05) is 0 Å². The fraction of sp³-hybridized carbons (Fsp3) is 0.158. The van der Waals surface area contributed by atoms with Crippen molar-refractivity contribution in [1.29, 1.82) is 0 Å². The average Bonchev–Trinajstić information content (AvgIpc) is 3.31. The fourth-order valence-electron chi connectivity index (χ4n) is 10.1. The van der Waals surface area contributed by atoms with E-state index in [1.54, 1.807) is 18.2 Å². The van der Waals surface area contributed by atoms with E-state index in [-0.39, 0.29) is 33.6 Å². The van der Waals surface area contributed by atoms with E-state index < -0.39 is 43.1 Å². The van der Waals surface area contributed by atoms with Crippen molar-refractivity contribution in [3.63, 3.8) is 0 Å². The van der Waals surface area contributed by atoms with Crippen LogP contribution in [0.3, 0.4) is 0 Å². The standard InChI is InChI=1S/C57H50O2Si2/c1-9-37-25-29-52-57(58-48-30-34(2)22-27-50(48)60(52,5)6)55(37)46-33-53-49(31-36(46)4)59-56-51(61(53,7)8)28-23-35(3)54(56)38-24-26-45-43-20-13-12-18-41(43)39-16-10-11-17-40(39)42-19-14-15-21-44(42)47(45)32-38/h10-33H,9H2,1-8H3/i2D3,3D3,4D3,9D2. The van der Waals surface area contributed by atoms with Crippen molar-refractivity contribution < 1.29 is 24.6 Å². The molecule has 0 fully saturated rings. The van der Waals surface area contributed by atoms with Crippen LogP contribution in [0.25, 0.3) is 66.8 Å². The number of benzene rings is 8. The van der Waals surface area contributed by atoms with Gasteiger partial charge in [-0.2, -0.15) is 0 Å². The van der Waals surface area contributed by atoms with Gasteiger partial charge in [-0.1, -0.05) is 161 Å². The minimum Gasteiger partial charge on any atom is -0.457 e. The first-order chi connectivity index (χ1) is 33.8. The highest BCUT2D eigenvalue weighted by Gasteiger charge is 2.41. The van der Waals surface area contributed by atoms with Crippen LogP contribution in [0.2, 0.25) is 26.2 Å². The monoisotopic (exact) mass is 833 g/mol. The largest absolute Gasteiger partial charge is 0.457 e. The quantitative estimate of drug-likeness (QED) is 0.165. The van der Waals surface area contributed by atoms with Crippen molar-refractivity contribution in [2.24, 2.45) is 0 Å². The van der Waals surface area contributed by atoms with Gasteiger partial charge in [0.05, 0.1) is 0 Å².